The van der Waals surface area contributed by atoms with Crippen molar-refractivity contribution < 1.29 is 10.0 Å². The smallest absolute Gasteiger partial charge is 0.294 e. The molecule has 5 nitrogen and oxygen atoms in total. The molecule has 2 rings (SSSR count). The second kappa shape index (κ2) is 7.29. The van der Waals surface area contributed by atoms with Crippen LogP contribution in [0.25, 0.3) is 0 Å². The monoisotopic (exact) mass is 332 g/mol. The maximum Gasteiger partial charge on any atom is 0.294 e. The van der Waals surface area contributed by atoms with Crippen LogP contribution >= 0.6 is 23.2 Å². The average molecular weight is 333 g/mol. The molecule has 0 radical (unpaired) electrons. The zero-order chi connectivity index (χ0) is 15.4. The molecule has 0 aliphatic heterocycles. The third-order valence-electron chi connectivity index (χ3n) is 3.88. The number of aliphatic hydroxyl groups excluding tert-OH is 1. The van der Waals surface area contributed by atoms with Crippen LogP contribution in [0.5, 0.6) is 0 Å². The van der Waals surface area contributed by atoms with Crippen LogP contribution in [-0.2, 0) is 0 Å². The van der Waals surface area contributed by atoms with E-state index in [2.05, 4.69) is 0 Å². The summed E-state index contributed by atoms with van der Waals surface area (Å²) in [6.07, 6.45) is 5.32. The SMILES string of the molecule is O=[N+]([O-])c1cc(Cl)c(Cl)cc1N(CCO)C1CCCCC1. The van der Waals surface area contributed by atoms with Crippen molar-refractivity contribution in [2.45, 2.75) is 38.1 Å². The van der Waals surface area contributed by atoms with Gasteiger partial charge in [0, 0.05) is 18.7 Å². The van der Waals surface area contributed by atoms with Crippen molar-refractivity contribution in [2.24, 2.45) is 0 Å². The largest absolute Gasteiger partial charge is 0.395 e. The van der Waals surface area contributed by atoms with E-state index in [4.69, 9.17) is 23.2 Å². The van der Waals surface area contributed by atoms with Crippen molar-refractivity contribution in [3.63, 3.8) is 0 Å². The van der Waals surface area contributed by atoms with Crippen LogP contribution in [0.4, 0.5) is 11.4 Å². The summed E-state index contributed by atoms with van der Waals surface area (Å²) in [5.41, 5.74) is 0.374. The fourth-order valence-corrected chi connectivity index (χ4v) is 3.22. The fraction of sp³-hybridized carbons (Fsp3) is 0.571. The van der Waals surface area contributed by atoms with E-state index in [-0.39, 0.29) is 28.4 Å². The van der Waals surface area contributed by atoms with Crippen LogP contribution in [0.3, 0.4) is 0 Å². The lowest BCUT2D eigenvalue weighted by atomic mass is 9.93. The van der Waals surface area contributed by atoms with Gasteiger partial charge in [0.25, 0.3) is 5.69 Å². The first-order chi connectivity index (χ1) is 10.0. The zero-order valence-electron chi connectivity index (χ0n) is 11.6. The third kappa shape index (κ3) is 3.78. The molecule has 1 saturated carbocycles. The first-order valence-electron chi connectivity index (χ1n) is 7.05. The van der Waals surface area contributed by atoms with Crippen molar-refractivity contribution in [3.8, 4) is 0 Å². The van der Waals surface area contributed by atoms with E-state index in [0.29, 0.717) is 12.2 Å². The molecule has 21 heavy (non-hydrogen) atoms. The summed E-state index contributed by atoms with van der Waals surface area (Å²) < 4.78 is 0. The Kier molecular flexibility index (Phi) is 5.67. The standard InChI is InChI=1S/C14H18Cl2N2O3/c15-11-8-13(14(18(20)21)9-12(11)16)17(6-7-19)10-4-2-1-3-5-10/h8-10,19H,1-7H2. The van der Waals surface area contributed by atoms with Crippen LogP contribution in [0.15, 0.2) is 12.1 Å². The summed E-state index contributed by atoms with van der Waals surface area (Å²) in [6, 6.07) is 3.01. The Labute approximate surface area is 133 Å². The maximum absolute atomic E-state index is 11.3. The normalized spacial score (nSPS) is 16.0. The van der Waals surface area contributed by atoms with Crippen molar-refractivity contribution >= 4 is 34.6 Å². The molecule has 0 bridgehead atoms. The molecule has 0 atom stereocenters. The second-order valence-corrected chi connectivity index (χ2v) is 6.04. The summed E-state index contributed by atoms with van der Waals surface area (Å²) in [5, 5.41) is 21.1. The number of nitro groups is 1. The van der Waals surface area contributed by atoms with E-state index in [1.807, 2.05) is 4.90 Å². The number of benzene rings is 1. The Balaban J connectivity index is 2.42. The number of anilines is 1. The predicted molar refractivity (Wildman–Crippen MR) is 84.4 cm³/mol. The molecule has 0 saturated heterocycles. The summed E-state index contributed by atoms with van der Waals surface area (Å²) in [7, 11) is 0. The van der Waals surface area contributed by atoms with Crippen molar-refractivity contribution in [2.75, 3.05) is 18.1 Å². The van der Waals surface area contributed by atoms with Crippen molar-refractivity contribution in [1.29, 1.82) is 0 Å². The Morgan fingerprint density at radius 3 is 2.43 bits per heavy atom. The van der Waals surface area contributed by atoms with Gasteiger partial charge in [-0.25, -0.2) is 0 Å². The van der Waals surface area contributed by atoms with Gasteiger partial charge in [0.15, 0.2) is 0 Å². The van der Waals surface area contributed by atoms with E-state index in [0.717, 1.165) is 25.7 Å². The lowest BCUT2D eigenvalue weighted by Crippen LogP contribution is -2.39. The Bertz CT molecular complexity index is 519. The number of rotatable bonds is 5. The molecular formula is C14H18Cl2N2O3. The van der Waals surface area contributed by atoms with Gasteiger partial charge in [-0.15, -0.1) is 0 Å². The lowest BCUT2D eigenvalue weighted by Gasteiger charge is -2.35. The summed E-state index contributed by atoms with van der Waals surface area (Å²) in [4.78, 5) is 12.7. The second-order valence-electron chi connectivity index (χ2n) is 5.22. The van der Waals surface area contributed by atoms with Crippen molar-refractivity contribution in [1.82, 2.24) is 0 Å². The first-order valence-corrected chi connectivity index (χ1v) is 7.81. The number of nitro benzene ring substituents is 1. The minimum absolute atomic E-state index is 0.0616. The van der Waals surface area contributed by atoms with Gasteiger partial charge in [0.05, 0.1) is 21.6 Å². The molecule has 1 aromatic rings. The van der Waals surface area contributed by atoms with Crippen LogP contribution in [0, 0.1) is 10.1 Å². The fourth-order valence-electron chi connectivity index (χ4n) is 2.90. The molecule has 1 fully saturated rings. The highest BCUT2D eigenvalue weighted by molar-refractivity contribution is 6.42. The molecule has 0 unspecified atom stereocenters. The Morgan fingerprint density at radius 1 is 1.24 bits per heavy atom. The van der Waals surface area contributed by atoms with Crippen LogP contribution < -0.4 is 4.90 Å². The maximum atomic E-state index is 11.3. The van der Waals surface area contributed by atoms with Gasteiger partial charge < -0.3 is 10.0 Å². The minimum atomic E-state index is -0.454. The molecule has 1 aromatic carbocycles. The Hall–Kier alpha value is -1.04. The zero-order valence-corrected chi connectivity index (χ0v) is 13.1. The predicted octanol–water partition coefficient (Wildman–Crippen LogP) is 4.03. The molecule has 1 aliphatic rings. The van der Waals surface area contributed by atoms with E-state index in [9.17, 15) is 15.2 Å². The number of hydrogen-bond donors (Lipinski definition) is 1. The molecule has 1 N–H and O–H groups in total. The van der Waals surface area contributed by atoms with E-state index >= 15 is 0 Å². The first kappa shape index (κ1) is 16.3. The minimum Gasteiger partial charge on any atom is -0.395 e. The van der Waals surface area contributed by atoms with Crippen LogP contribution in [0.1, 0.15) is 32.1 Å². The van der Waals surface area contributed by atoms with Crippen molar-refractivity contribution in [3.05, 3.63) is 32.3 Å². The molecule has 116 valence electrons. The van der Waals surface area contributed by atoms with Gasteiger partial charge in [0.1, 0.15) is 5.69 Å². The summed E-state index contributed by atoms with van der Waals surface area (Å²) in [6.45, 7) is 0.289. The van der Waals surface area contributed by atoms with Gasteiger partial charge in [-0.2, -0.15) is 0 Å². The average Bonchev–Trinajstić information content (AvgIpc) is 2.48. The Morgan fingerprint density at radius 2 is 1.86 bits per heavy atom. The quantitative estimate of drug-likeness (QED) is 0.652. The molecule has 0 aromatic heterocycles. The molecular weight excluding hydrogens is 315 g/mol. The van der Waals surface area contributed by atoms with Crippen LogP contribution in [0.2, 0.25) is 10.0 Å². The van der Waals surface area contributed by atoms with E-state index in [1.165, 1.54) is 18.6 Å². The topological polar surface area (TPSA) is 66.6 Å². The number of aliphatic hydroxyl groups is 1. The molecule has 0 spiro atoms. The number of halogens is 2. The molecule has 1 aliphatic carbocycles. The van der Waals surface area contributed by atoms with E-state index < -0.39 is 4.92 Å². The number of hydrogen-bond acceptors (Lipinski definition) is 4. The van der Waals surface area contributed by atoms with E-state index in [1.54, 1.807) is 0 Å². The summed E-state index contributed by atoms with van der Waals surface area (Å²) in [5.74, 6) is 0. The molecule has 0 amide bonds. The van der Waals surface area contributed by atoms with Gasteiger partial charge in [-0.05, 0) is 18.9 Å². The highest BCUT2D eigenvalue weighted by Crippen LogP contribution is 2.38. The molecule has 0 heterocycles. The third-order valence-corrected chi connectivity index (χ3v) is 4.60. The lowest BCUT2D eigenvalue weighted by molar-refractivity contribution is -0.384. The van der Waals surface area contributed by atoms with Gasteiger partial charge >= 0.3 is 0 Å². The van der Waals surface area contributed by atoms with Gasteiger partial charge in [0.2, 0.25) is 0 Å². The van der Waals surface area contributed by atoms with Gasteiger partial charge in [-0.1, -0.05) is 42.5 Å². The highest BCUT2D eigenvalue weighted by Gasteiger charge is 2.28. The summed E-state index contributed by atoms with van der Waals surface area (Å²) >= 11 is 11.9. The highest BCUT2D eigenvalue weighted by atomic mass is 35.5. The van der Waals surface area contributed by atoms with Gasteiger partial charge in [-0.3, -0.25) is 10.1 Å². The van der Waals surface area contributed by atoms with Crippen LogP contribution in [-0.4, -0.2) is 29.2 Å². The number of nitrogens with zero attached hydrogens (tertiary/aromatic N) is 2. The molecule has 7 heteroatoms.